The molecule has 0 saturated heterocycles. The van der Waals surface area contributed by atoms with Gasteiger partial charge in [0.1, 0.15) is 5.54 Å². The van der Waals surface area contributed by atoms with Crippen molar-refractivity contribution >= 4 is 29.3 Å². The lowest BCUT2D eigenvalue weighted by Gasteiger charge is -2.43. The van der Waals surface area contributed by atoms with E-state index in [1.165, 1.54) is 4.90 Å². The van der Waals surface area contributed by atoms with E-state index in [9.17, 15) is 14.4 Å². The lowest BCUT2D eigenvalue weighted by Crippen LogP contribution is -2.55. The molecule has 0 bridgehead atoms. The van der Waals surface area contributed by atoms with Gasteiger partial charge >= 0.3 is 5.97 Å². The number of rotatable bonds is 5. The normalized spacial score (nSPS) is 27.7. The van der Waals surface area contributed by atoms with E-state index in [2.05, 4.69) is 0 Å². The molecule has 1 aromatic rings. The molecule has 0 unspecified atom stereocenters. The van der Waals surface area contributed by atoms with Crippen molar-refractivity contribution in [1.82, 2.24) is 4.90 Å². The standard InChI is InChI=1S/C20H24ClNO4/c1-13-11-14(13)19(25)26-12-18(24)22(2)20(10-6-5-9-17(20)23)15-7-3-4-8-16(15)21/h3-4,7-8,13-14H,5-6,9-12H2,1-2H3/t13-,14+,20-/m1/s1. The molecule has 1 aromatic carbocycles. The Labute approximate surface area is 158 Å². The van der Waals surface area contributed by atoms with Crippen LogP contribution >= 0.6 is 11.6 Å². The number of benzene rings is 1. The second-order valence-corrected chi connectivity index (χ2v) is 7.76. The zero-order chi connectivity index (χ0) is 18.9. The largest absolute Gasteiger partial charge is 0.455 e. The molecule has 26 heavy (non-hydrogen) atoms. The average Bonchev–Trinajstić information content (AvgIpc) is 3.37. The first-order valence-corrected chi connectivity index (χ1v) is 9.47. The molecular weight excluding hydrogens is 354 g/mol. The van der Waals surface area contributed by atoms with Crippen LogP contribution in [0.5, 0.6) is 0 Å². The predicted molar refractivity (Wildman–Crippen MR) is 97.6 cm³/mol. The molecule has 2 fully saturated rings. The Balaban J connectivity index is 1.82. The number of ether oxygens (including phenoxy) is 1. The fourth-order valence-corrected chi connectivity index (χ4v) is 4.12. The van der Waals surface area contributed by atoms with E-state index in [1.807, 2.05) is 13.0 Å². The number of Topliss-reactive ketones (excluding diaryl/α,β-unsaturated/α-hetero) is 1. The van der Waals surface area contributed by atoms with Crippen LogP contribution in [0.25, 0.3) is 0 Å². The monoisotopic (exact) mass is 377 g/mol. The highest BCUT2D eigenvalue weighted by Crippen LogP contribution is 2.42. The predicted octanol–water partition coefficient (Wildman–Crippen LogP) is 3.34. The van der Waals surface area contributed by atoms with Crippen LogP contribution in [0.15, 0.2) is 24.3 Å². The van der Waals surface area contributed by atoms with Gasteiger partial charge in [0.15, 0.2) is 12.4 Å². The van der Waals surface area contributed by atoms with Crippen molar-refractivity contribution in [2.45, 2.75) is 44.6 Å². The number of esters is 1. The summed E-state index contributed by atoms with van der Waals surface area (Å²) in [5.41, 5.74) is -0.447. The van der Waals surface area contributed by atoms with Crippen LogP contribution in [-0.4, -0.2) is 36.2 Å². The van der Waals surface area contributed by atoms with Gasteiger partial charge in [-0.1, -0.05) is 36.7 Å². The summed E-state index contributed by atoms with van der Waals surface area (Å²) in [4.78, 5) is 39.1. The summed E-state index contributed by atoms with van der Waals surface area (Å²) in [5.74, 6) is -0.510. The summed E-state index contributed by atoms with van der Waals surface area (Å²) >= 11 is 6.38. The van der Waals surface area contributed by atoms with Crippen molar-refractivity contribution in [1.29, 1.82) is 0 Å². The van der Waals surface area contributed by atoms with Crippen molar-refractivity contribution in [2.75, 3.05) is 13.7 Å². The van der Waals surface area contributed by atoms with E-state index in [0.717, 1.165) is 19.3 Å². The molecule has 2 aliphatic carbocycles. The quantitative estimate of drug-likeness (QED) is 0.738. The van der Waals surface area contributed by atoms with Crippen molar-refractivity contribution < 1.29 is 19.1 Å². The first kappa shape index (κ1) is 18.9. The maximum absolute atomic E-state index is 13.0. The maximum Gasteiger partial charge on any atom is 0.309 e. The number of carbonyl (C=O) groups is 3. The zero-order valence-corrected chi connectivity index (χ0v) is 15.9. The van der Waals surface area contributed by atoms with E-state index >= 15 is 0 Å². The molecular formula is C20H24ClNO4. The van der Waals surface area contributed by atoms with E-state index in [4.69, 9.17) is 16.3 Å². The van der Waals surface area contributed by atoms with Gasteiger partial charge in [0, 0.05) is 24.1 Å². The van der Waals surface area contributed by atoms with E-state index < -0.39 is 5.54 Å². The van der Waals surface area contributed by atoms with Gasteiger partial charge in [-0.25, -0.2) is 0 Å². The smallest absolute Gasteiger partial charge is 0.309 e. The first-order valence-electron chi connectivity index (χ1n) is 9.09. The summed E-state index contributed by atoms with van der Waals surface area (Å²) in [6.07, 6.45) is 3.37. The molecule has 0 heterocycles. The number of hydrogen-bond donors (Lipinski definition) is 0. The minimum atomic E-state index is -1.09. The number of hydrogen-bond acceptors (Lipinski definition) is 4. The van der Waals surface area contributed by atoms with Gasteiger partial charge in [-0.05, 0) is 37.7 Å². The number of nitrogens with zero attached hydrogens (tertiary/aromatic N) is 1. The molecule has 2 saturated carbocycles. The van der Waals surface area contributed by atoms with Gasteiger partial charge < -0.3 is 9.64 Å². The molecule has 5 nitrogen and oxygen atoms in total. The minimum Gasteiger partial charge on any atom is -0.455 e. The van der Waals surface area contributed by atoms with Crippen LogP contribution in [-0.2, 0) is 24.7 Å². The lowest BCUT2D eigenvalue weighted by molar-refractivity contribution is -0.158. The Morgan fingerprint density at radius 1 is 1.31 bits per heavy atom. The second-order valence-electron chi connectivity index (χ2n) is 7.35. The molecule has 0 aliphatic heterocycles. The molecule has 0 N–H and O–H groups in total. The number of carbonyl (C=O) groups excluding carboxylic acids is 3. The molecule has 0 spiro atoms. The van der Waals surface area contributed by atoms with Crippen molar-refractivity contribution in [3.63, 3.8) is 0 Å². The molecule has 0 aromatic heterocycles. The van der Waals surface area contributed by atoms with Gasteiger partial charge in [-0.2, -0.15) is 0 Å². The summed E-state index contributed by atoms with van der Waals surface area (Å²) in [5, 5.41) is 0.464. The van der Waals surface area contributed by atoms with Crippen LogP contribution in [0.3, 0.4) is 0 Å². The zero-order valence-electron chi connectivity index (χ0n) is 15.2. The Morgan fingerprint density at radius 2 is 2.00 bits per heavy atom. The third-order valence-corrected chi connectivity index (χ3v) is 6.00. The van der Waals surface area contributed by atoms with Gasteiger partial charge in [0.2, 0.25) is 0 Å². The summed E-state index contributed by atoms with van der Waals surface area (Å²) in [6, 6.07) is 7.14. The molecule has 3 atom stereocenters. The molecule has 2 aliphatic rings. The SMILES string of the molecule is C[C@@H]1C[C@@H]1C(=O)OCC(=O)N(C)[C@@]1(c2ccccc2Cl)CCCCC1=O. The maximum atomic E-state index is 13.0. The average molecular weight is 378 g/mol. The Morgan fingerprint density at radius 3 is 2.62 bits per heavy atom. The first-order chi connectivity index (χ1) is 12.4. The van der Waals surface area contributed by atoms with Crippen molar-refractivity contribution in [3.8, 4) is 0 Å². The summed E-state index contributed by atoms with van der Waals surface area (Å²) in [7, 11) is 1.60. The van der Waals surface area contributed by atoms with Crippen LogP contribution in [0.4, 0.5) is 0 Å². The molecule has 1 amide bonds. The van der Waals surface area contributed by atoms with Crippen LogP contribution in [0.2, 0.25) is 5.02 Å². The second kappa shape index (κ2) is 7.39. The van der Waals surface area contributed by atoms with Crippen LogP contribution in [0.1, 0.15) is 44.6 Å². The third-order valence-electron chi connectivity index (χ3n) is 5.67. The number of halogens is 1. The van der Waals surface area contributed by atoms with Gasteiger partial charge in [-0.15, -0.1) is 0 Å². The van der Waals surface area contributed by atoms with Crippen molar-refractivity contribution in [3.05, 3.63) is 34.9 Å². The Kier molecular flexibility index (Phi) is 5.37. The van der Waals surface area contributed by atoms with Gasteiger partial charge in [0.25, 0.3) is 5.91 Å². The minimum absolute atomic E-state index is 0.0187. The number of amides is 1. The fourth-order valence-electron chi connectivity index (χ4n) is 3.83. The van der Waals surface area contributed by atoms with E-state index in [-0.39, 0.29) is 30.2 Å². The summed E-state index contributed by atoms with van der Waals surface area (Å²) in [6.45, 7) is 1.63. The van der Waals surface area contributed by atoms with Gasteiger partial charge in [0.05, 0.1) is 5.92 Å². The highest BCUT2D eigenvalue weighted by Gasteiger charge is 2.48. The lowest BCUT2D eigenvalue weighted by atomic mass is 9.74. The van der Waals surface area contributed by atoms with Crippen molar-refractivity contribution in [2.24, 2.45) is 11.8 Å². The highest BCUT2D eigenvalue weighted by atomic mass is 35.5. The summed E-state index contributed by atoms with van der Waals surface area (Å²) < 4.78 is 5.18. The van der Waals surface area contributed by atoms with Crippen LogP contribution < -0.4 is 0 Å². The number of likely N-dealkylation sites (N-methyl/N-ethyl adjacent to an activating group) is 1. The van der Waals surface area contributed by atoms with Gasteiger partial charge in [-0.3, -0.25) is 14.4 Å². The number of ketones is 1. The molecule has 0 radical (unpaired) electrons. The molecule has 6 heteroatoms. The molecule has 140 valence electrons. The molecule has 3 rings (SSSR count). The Bertz CT molecular complexity index is 734. The fraction of sp³-hybridized carbons (Fsp3) is 0.550. The van der Waals surface area contributed by atoms with E-state index in [1.54, 1.807) is 25.2 Å². The Hall–Kier alpha value is -1.88. The third kappa shape index (κ3) is 3.37. The highest BCUT2D eigenvalue weighted by molar-refractivity contribution is 6.31. The van der Waals surface area contributed by atoms with Crippen LogP contribution in [0, 0.1) is 11.8 Å². The topological polar surface area (TPSA) is 63.7 Å². The van der Waals surface area contributed by atoms with E-state index in [0.29, 0.717) is 29.3 Å².